The smallest absolute Gasteiger partial charge is 0.286 e. The maximum Gasteiger partial charge on any atom is 0.286 e. The van der Waals surface area contributed by atoms with Crippen LogP contribution in [0.3, 0.4) is 0 Å². The number of amides is 3. The topological polar surface area (TPSA) is 120 Å². The van der Waals surface area contributed by atoms with Crippen molar-refractivity contribution >= 4 is 40.2 Å². The second kappa shape index (κ2) is 10.8. The zero-order chi connectivity index (χ0) is 23.9. The summed E-state index contributed by atoms with van der Waals surface area (Å²) in [5.74, 6) is 0.799. The first-order chi connectivity index (χ1) is 16.5. The monoisotopic (exact) mass is 477 g/mol. The molecule has 3 aromatic carbocycles. The molecule has 3 amide bonds. The number of rotatable bonds is 9. The van der Waals surface area contributed by atoms with E-state index in [1.54, 1.807) is 48.5 Å². The summed E-state index contributed by atoms with van der Waals surface area (Å²) in [6, 6.07) is 21.3. The molecule has 4 rings (SSSR count). The zero-order valence-electron chi connectivity index (χ0n) is 18.2. The van der Waals surface area contributed by atoms with Gasteiger partial charge in [-0.05, 0) is 60.5 Å². The maximum absolute atomic E-state index is 12.4. The van der Waals surface area contributed by atoms with E-state index < -0.39 is 0 Å². The average Bonchev–Trinajstić information content (AvgIpc) is 3.16. The summed E-state index contributed by atoms with van der Waals surface area (Å²) in [5.41, 5.74) is 8.37. The summed E-state index contributed by atoms with van der Waals surface area (Å²) in [6.07, 6.45) is 0.485. The highest BCUT2D eigenvalue weighted by molar-refractivity contribution is 8.15. The lowest BCUT2D eigenvalue weighted by molar-refractivity contribution is -0.118. The van der Waals surface area contributed by atoms with Crippen molar-refractivity contribution in [2.75, 3.05) is 24.3 Å². The first kappa shape index (κ1) is 23.2. The highest BCUT2D eigenvalue weighted by Gasteiger charge is 2.31. The molecule has 0 aliphatic carbocycles. The summed E-state index contributed by atoms with van der Waals surface area (Å²) >= 11 is 1.02. The van der Waals surface area contributed by atoms with E-state index in [0.29, 0.717) is 48.1 Å². The fourth-order valence-electron chi connectivity index (χ4n) is 3.29. The average molecular weight is 478 g/mol. The molecule has 1 unspecified atom stereocenters. The first-order valence-electron chi connectivity index (χ1n) is 10.6. The van der Waals surface area contributed by atoms with E-state index in [9.17, 15) is 14.4 Å². The van der Waals surface area contributed by atoms with E-state index in [2.05, 4.69) is 10.6 Å². The van der Waals surface area contributed by atoms with Crippen LogP contribution in [0.4, 0.5) is 16.2 Å². The Bertz CT molecular complexity index is 1180. The van der Waals surface area contributed by atoms with Gasteiger partial charge in [0.1, 0.15) is 24.7 Å². The van der Waals surface area contributed by atoms with Crippen LogP contribution in [0, 0.1) is 0 Å². The van der Waals surface area contributed by atoms with Gasteiger partial charge in [0.2, 0.25) is 5.91 Å². The Hall–Kier alpha value is -3.98. The minimum Gasteiger partial charge on any atom is -0.490 e. The number of anilines is 2. The molecule has 9 heteroatoms. The van der Waals surface area contributed by atoms with Crippen molar-refractivity contribution in [2.45, 2.75) is 11.7 Å². The molecular formula is C25H23N3O5S. The van der Waals surface area contributed by atoms with Crippen molar-refractivity contribution in [3.05, 3.63) is 83.9 Å². The molecular weight excluding hydrogens is 454 g/mol. The molecule has 3 aromatic rings. The standard InChI is InChI=1S/C25H23N3O5S/c26-20-3-1-2-4-21(20)27-23(29)17-7-11-19(12-8-17)33-14-13-32-18-9-5-16(6-10-18)15-22-24(30)28-25(31)34-22/h1-12,22H,13-15,26H2,(H,27,29)(H,28,30,31). The van der Waals surface area contributed by atoms with Crippen LogP contribution in [0.15, 0.2) is 72.8 Å². The Labute approximate surface area is 200 Å². The Morgan fingerprint density at radius 2 is 1.53 bits per heavy atom. The summed E-state index contributed by atoms with van der Waals surface area (Å²) in [7, 11) is 0. The third-order valence-electron chi connectivity index (χ3n) is 5.06. The fraction of sp³-hybridized carbons (Fsp3) is 0.160. The van der Waals surface area contributed by atoms with Gasteiger partial charge in [0.05, 0.1) is 16.6 Å². The Morgan fingerprint density at radius 3 is 2.12 bits per heavy atom. The molecule has 1 aliphatic rings. The largest absolute Gasteiger partial charge is 0.490 e. The molecule has 1 fully saturated rings. The predicted molar refractivity (Wildman–Crippen MR) is 131 cm³/mol. The normalized spacial score (nSPS) is 15.0. The molecule has 1 saturated heterocycles. The molecule has 4 N–H and O–H groups in total. The zero-order valence-corrected chi connectivity index (χ0v) is 19.0. The number of hydrogen-bond donors (Lipinski definition) is 3. The van der Waals surface area contributed by atoms with Gasteiger partial charge in [-0.1, -0.05) is 36.0 Å². The lowest BCUT2D eigenvalue weighted by atomic mass is 10.1. The minimum absolute atomic E-state index is 0.248. The van der Waals surface area contributed by atoms with E-state index in [-0.39, 0.29) is 22.3 Å². The number of nitrogens with two attached hydrogens (primary N) is 1. The van der Waals surface area contributed by atoms with Crippen LogP contribution >= 0.6 is 11.8 Å². The highest BCUT2D eigenvalue weighted by Crippen LogP contribution is 2.24. The van der Waals surface area contributed by atoms with Crippen LogP contribution in [0.2, 0.25) is 0 Å². The second-order valence-electron chi connectivity index (χ2n) is 7.49. The Kier molecular flexibility index (Phi) is 7.34. The van der Waals surface area contributed by atoms with Crippen LogP contribution in [0.5, 0.6) is 11.5 Å². The highest BCUT2D eigenvalue weighted by atomic mass is 32.2. The van der Waals surface area contributed by atoms with Crippen molar-refractivity contribution in [1.82, 2.24) is 5.32 Å². The number of para-hydroxylation sites is 2. The van der Waals surface area contributed by atoms with Gasteiger partial charge in [-0.25, -0.2) is 0 Å². The number of thioether (sulfide) groups is 1. The molecule has 1 aliphatic heterocycles. The molecule has 34 heavy (non-hydrogen) atoms. The molecule has 8 nitrogen and oxygen atoms in total. The van der Waals surface area contributed by atoms with Crippen LogP contribution in [0.1, 0.15) is 15.9 Å². The number of carbonyl (C=O) groups is 3. The summed E-state index contributed by atoms with van der Waals surface area (Å²) in [6.45, 7) is 0.666. The molecule has 174 valence electrons. The summed E-state index contributed by atoms with van der Waals surface area (Å²) in [5, 5.41) is 4.38. The molecule has 0 bridgehead atoms. The van der Waals surface area contributed by atoms with Crippen LogP contribution in [-0.2, 0) is 11.2 Å². The summed E-state index contributed by atoms with van der Waals surface area (Å²) < 4.78 is 11.4. The number of hydrogen-bond acceptors (Lipinski definition) is 7. The van der Waals surface area contributed by atoms with Crippen molar-refractivity contribution < 1.29 is 23.9 Å². The van der Waals surface area contributed by atoms with Gasteiger partial charge in [-0.2, -0.15) is 0 Å². The molecule has 0 radical (unpaired) electrons. The van der Waals surface area contributed by atoms with Gasteiger partial charge >= 0.3 is 0 Å². The molecule has 1 heterocycles. The van der Waals surface area contributed by atoms with E-state index in [1.807, 2.05) is 24.3 Å². The first-order valence-corrected chi connectivity index (χ1v) is 11.5. The predicted octanol–water partition coefficient (Wildman–Crippen LogP) is 3.87. The van der Waals surface area contributed by atoms with Crippen LogP contribution in [0.25, 0.3) is 0 Å². The molecule has 0 spiro atoms. The van der Waals surface area contributed by atoms with Gasteiger partial charge < -0.3 is 20.5 Å². The third-order valence-corrected chi connectivity index (χ3v) is 6.04. The lowest BCUT2D eigenvalue weighted by Crippen LogP contribution is -2.25. The molecule has 0 aromatic heterocycles. The number of carbonyl (C=O) groups excluding carboxylic acids is 3. The maximum atomic E-state index is 12.4. The number of imide groups is 1. The fourth-order valence-corrected chi connectivity index (χ4v) is 4.15. The number of nitrogen functional groups attached to an aromatic ring is 1. The number of ether oxygens (including phenoxy) is 2. The second-order valence-corrected chi connectivity index (χ2v) is 8.67. The van der Waals surface area contributed by atoms with E-state index >= 15 is 0 Å². The van der Waals surface area contributed by atoms with Gasteiger partial charge in [-0.15, -0.1) is 0 Å². The van der Waals surface area contributed by atoms with Crippen molar-refractivity contribution in [3.63, 3.8) is 0 Å². The molecule has 1 atom stereocenters. The van der Waals surface area contributed by atoms with Gasteiger partial charge in [0.15, 0.2) is 0 Å². The number of nitrogens with one attached hydrogen (secondary N) is 2. The third kappa shape index (κ3) is 6.08. The van der Waals surface area contributed by atoms with E-state index in [1.165, 1.54) is 0 Å². The van der Waals surface area contributed by atoms with Crippen LogP contribution in [-0.4, -0.2) is 35.5 Å². The SMILES string of the molecule is Nc1ccccc1NC(=O)c1ccc(OCCOc2ccc(CC3SC(=O)NC3=O)cc2)cc1. The van der Waals surface area contributed by atoms with Crippen molar-refractivity contribution in [3.8, 4) is 11.5 Å². The minimum atomic E-state index is -0.387. The summed E-state index contributed by atoms with van der Waals surface area (Å²) in [4.78, 5) is 35.3. The van der Waals surface area contributed by atoms with Crippen molar-refractivity contribution in [2.24, 2.45) is 0 Å². The number of benzene rings is 3. The quantitative estimate of drug-likeness (QED) is 0.316. The lowest BCUT2D eigenvalue weighted by Gasteiger charge is -2.11. The molecule has 0 saturated carbocycles. The van der Waals surface area contributed by atoms with Gasteiger partial charge in [0, 0.05) is 5.56 Å². The Balaban J connectivity index is 1.19. The van der Waals surface area contributed by atoms with Gasteiger partial charge in [-0.3, -0.25) is 19.7 Å². The Morgan fingerprint density at radius 1 is 0.912 bits per heavy atom. The van der Waals surface area contributed by atoms with Crippen molar-refractivity contribution in [1.29, 1.82) is 0 Å². The van der Waals surface area contributed by atoms with E-state index in [4.69, 9.17) is 15.2 Å². The van der Waals surface area contributed by atoms with E-state index in [0.717, 1.165) is 17.3 Å². The van der Waals surface area contributed by atoms with Gasteiger partial charge in [0.25, 0.3) is 11.1 Å². The van der Waals surface area contributed by atoms with Crippen LogP contribution < -0.4 is 25.8 Å².